The number of likely N-dealkylation sites (tertiary alicyclic amines) is 1. The van der Waals surface area contributed by atoms with Crippen LogP contribution in [-0.4, -0.2) is 28.8 Å². The second-order valence-electron chi connectivity index (χ2n) is 6.54. The van der Waals surface area contributed by atoms with Gasteiger partial charge in [0.1, 0.15) is 5.82 Å². The Morgan fingerprint density at radius 1 is 1.33 bits per heavy atom. The first-order chi connectivity index (χ1) is 9.74. The third-order valence-corrected chi connectivity index (χ3v) is 3.37. The summed E-state index contributed by atoms with van der Waals surface area (Å²) in [4.78, 5) is 25.8. The average molecular weight is 292 g/mol. The van der Waals surface area contributed by atoms with Gasteiger partial charge in [0.15, 0.2) is 0 Å². The summed E-state index contributed by atoms with van der Waals surface area (Å²) in [5.74, 6) is -0.725. The Balaban J connectivity index is 1.96. The van der Waals surface area contributed by atoms with Crippen molar-refractivity contribution < 1.29 is 14.0 Å². The average Bonchev–Trinajstić information content (AvgIpc) is 2.72. The Labute approximate surface area is 124 Å². The number of benzene rings is 1. The molecule has 2 amide bonds. The van der Waals surface area contributed by atoms with Crippen molar-refractivity contribution in [3.63, 3.8) is 0 Å². The van der Waals surface area contributed by atoms with Crippen molar-refractivity contribution in [1.82, 2.24) is 10.2 Å². The highest BCUT2D eigenvalue weighted by molar-refractivity contribution is 5.89. The van der Waals surface area contributed by atoms with E-state index in [0.29, 0.717) is 13.1 Å². The smallest absolute Gasteiger partial charge is 0.225 e. The topological polar surface area (TPSA) is 49.4 Å². The Bertz CT molecular complexity index is 534. The Morgan fingerprint density at radius 3 is 2.52 bits per heavy atom. The van der Waals surface area contributed by atoms with Gasteiger partial charge in [-0.05, 0) is 38.5 Å². The van der Waals surface area contributed by atoms with Gasteiger partial charge in [0.05, 0.1) is 5.92 Å². The van der Waals surface area contributed by atoms with Gasteiger partial charge in [-0.1, -0.05) is 12.1 Å². The molecule has 0 aliphatic carbocycles. The van der Waals surface area contributed by atoms with Crippen LogP contribution in [-0.2, 0) is 16.1 Å². The predicted molar refractivity (Wildman–Crippen MR) is 77.8 cm³/mol. The standard InChI is InChI=1S/C16H21FN2O2/c1-16(2,3)18-15(21)12-8-14(20)19(10-12)9-11-4-6-13(17)7-5-11/h4-7,12H,8-10H2,1-3H3,(H,18,21)/t12-/m1/s1. The van der Waals surface area contributed by atoms with Crippen molar-refractivity contribution in [2.45, 2.75) is 39.3 Å². The van der Waals surface area contributed by atoms with E-state index in [-0.39, 0.29) is 35.5 Å². The lowest BCUT2D eigenvalue weighted by atomic mass is 10.0. The molecule has 1 fully saturated rings. The lowest BCUT2D eigenvalue weighted by molar-refractivity contribution is -0.129. The van der Waals surface area contributed by atoms with E-state index in [1.165, 1.54) is 12.1 Å². The van der Waals surface area contributed by atoms with Crippen LogP contribution < -0.4 is 5.32 Å². The van der Waals surface area contributed by atoms with E-state index in [1.54, 1.807) is 17.0 Å². The summed E-state index contributed by atoms with van der Waals surface area (Å²) in [5.41, 5.74) is 0.562. The van der Waals surface area contributed by atoms with E-state index >= 15 is 0 Å². The molecule has 2 rings (SSSR count). The molecule has 1 aromatic carbocycles. The van der Waals surface area contributed by atoms with Crippen molar-refractivity contribution in [3.8, 4) is 0 Å². The maximum absolute atomic E-state index is 12.9. The third kappa shape index (κ3) is 4.28. The molecule has 1 atom stereocenters. The minimum atomic E-state index is -0.308. The summed E-state index contributed by atoms with van der Waals surface area (Å²) < 4.78 is 12.9. The van der Waals surface area contributed by atoms with E-state index in [2.05, 4.69) is 5.32 Å². The first-order valence-electron chi connectivity index (χ1n) is 7.09. The lowest BCUT2D eigenvalue weighted by Gasteiger charge is -2.23. The monoisotopic (exact) mass is 292 g/mol. The first-order valence-corrected chi connectivity index (χ1v) is 7.09. The molecule has 0 radical (unpaired) electrons. The molecule has 1 N–H and O–H groups in total. The van der Waals surface area contributed by atoms with Crippen LogP contribution in [0, 0.1) is 11.7 Å². The fraction of sp³-hybridized carbons (Fsp3) is 0.500. The SMILES string of the molecule is CC(C)(C)NC(=O)[C@@H]1CC(=O)N(Cc2ccc(F)cc2)C1. The molecule has 21 heavy (non-hydrogen) atoms. The second-order valence-corrected chi connectivity index (χ2v) is 6.54. The van der Waals surface area contributed by atoms with Crippen LogP contribution in [0.2, 0.25) is 0 Å². The van der Waals surface area contributed by atoms with E-state index in [9.17, 15) is 14.0 Å². The van der Waals surface area contributed by atoms with Crippen LogP contribution in [0.4, 0.5) is 4.39 Å². The fourth-order valence-corrected chi connectivity index (χ4v) is 2.38. The minimum Gasteiger partial charge on any atom is -0.351 e. The maximum atomic E-state index is 12.9. The molecular formula is C16H21FN2O2. The molecule has 1 saturated heterocycles. The van der Waals surface area contributed by atoms with Crippen LogP contribution in [0.15, 0.2) is 24.3 Å². The Morgan fingerprint density at radius 2 is 1.95 bits per heavy atom. The molecule has 1 aliphatic rings. The maximum Gasteiger partial charge on any atom is 0.225 e. The molecule has 4 nitrogen and oxygen atoms in total. The van der Waals surface area contributed by atoms with Crippen LogP contribution in [0.3, 0.4) is 0 Å². The zero-order valence-corrected chi connectivity index (χ0v) is 12.6. The zero-order chi connectivity index (χ0) is 15.6. The lowest BCUT2D eigenvalue weighted by Crippen LogP contribution is -2.44. The van der Waals surface area contributed by atoms with Crippen molar-refractivity contribution in [1.29, 1.82) is 0 Å². The van der Waals surface area contributed by atoms with Gasteiger partial charge >= 0.3 is 0 Å². The number of carbonyl (C=O) groups excluding carboxylic acids is 2. The minimum absolute atomic E-state index is 0.0339. The number of hydrogen-bond acceptors (Lipinski definition) is 2. The van der Waals surface area contributed by atoms with E-state index in [1.807, 2.05) is 20.8 Å². The van der Waals surface area contributed by atoms with Crippen LogP contribution in [0.1, 0.15) is 32.8 Å². The first kappa shape index (κ1) is 15.5. The van der Waals surface area contributed by atoms with E-state index in [4.69, 9.17) is 0 Å². The highest BCUT2D eigenvalue weighted by Gasteiger charge is 2.35. The number of carbonyl (C=O) groups is 2. The molecule has 0 bridgehead atoms. The van der Waals surface area contributed by atoms with Gasteiger partial charge in [-0.3, -0.25) is 9.59 Å². The number of halogens is 1. The third-order valence-electron chi connectivity index (χ3n) is 3.37. The van der Waals surface area contributed by atoms with Gasteiger partial charge in [0.2, 0.25) is 11.8 Å². The van der Waals surface area contributed by atoms with Crippen LogP contribution in [0.25, 0.3) is 0 Å². The number of hydrogen-bond donors (Lipinski definition) is 1. The van der Waals surface area contributed by atoms with E-state index < -0.39 is 0 Å². The number of rotatable bonds is 3. The van der Waals surface area contributed by atoms with Gasteiger partial charge in [0.25, 0.3) is 0 Å². The molecular weight excluding hydrogens is 271 g/mol. The highest BCUT2D eigenvalue weighted by Crippen LogP contribution is 2.21. The van der Waals surface area contributed by atoms with Gasteiger partial charge in [-0.15, -0.1) is 0 Å². The normalized spacial score (nSPS) is 19.0. The van der Waals surface area contributed by atoms with Crippen molar-refractivity contribution >= 4 is 11.8 Å². The van der Waals surface area contributed by atoms with Crippen LogP contribution in [0.5, 0.6) is 0 Å². The predicted octanol–water partition coefficient (Wildman–Crippen LogP) is 2.09. The summed E-state index contributed by atoms with van der Waals surface area (Å²) in [6.45, 7) is 6.57. The van der Waals surface area contributed by atoms with Gasteiger partial charge in [0, 0.05) is 25.0 Å². The Kier molecular flexibility index (Phi) is 4.30. The van der Waals surface area contributed by atoms with E-state index in [0.717, 1.165) is 5.56 Å². The van der Waals surface area contributed by atoms with Crippen molar-refractivity contribution in [3.05, 3.63) is 35.6 Å². The molecule has 0 unspecified atom stereocenters. The molecule has 114 valence electrons. The quantitative estimate of drug-likeness (QED) is 0.927. The van der Waals surface area contributed by atoms with Crippen LogP contribution >= 0.6 is 0 Å². The fourth-order valence-electron chi connectivity index (χ4n) is 2.38. The number of amides is 2. The summed E-state index contributed by atoms with van der Waals surface area (Å²) in [6.07, 6.45) is 0.239. The molecule has 1 heterocycles. The summed E-state index contributed by atoms with van der Waals surface area (Å²) in [5, 5.41) is 2.91. The molecule has 1 aromatic rings. The zero-order valence-electron chi connectivity index (χ0n) is 12.6. The molecule has 0 aromatic heterocycles. The molecule has 0 saturated carbocycles. The van der Waals surface area contributed by atoms with Crippen molar-refractivity contribution in [2.24, 2.45) is 5.92 Å². The van der Waals surface area contributed by atoms with Gasteiger partial charge < -0.3 is 10.2 Å². The molecule has 0 spiro atoms. The molecule has 1 aliphatic heterocycles. The summed E-state index contributed by atoms with van der Waals surface area (Å²) >= 11 is 0. The largest absolute Gasteiger partial charge is 0.351 e. The summed E-state index contributed by atoms with van der Waals surface area (Å²) in [6, 6.07) is 6.07. The van der Waals surface area contributed by atoms with Gasteiger partial charge in [-0.25, -0.2) is 4.39 Å². The number of nitrogens with zero attached hydrogens (tertiary/aromatic N) is 1. The second kappa shape index (κ2) is 5.84. The molecule has 5 heteroatoms. The number of nitrogens with one attached hydrogen (secondary N) is 1. The van der Waals surface area contributed by atoms with Gasteiger partial charge in [-0.2, -0.15) is 0 Å². The van der Waals surface area contributed by atoms with Crippen molar-refractivity contribution in [2.75, 3.05) is 6.54 Å². The summed E-state index contributed by atoms with van der Waals surface area (Å²) in [7, 11) is 0. The Hall–Kier alpha value is -1.91. The highest BCUT2D eigenvalue weighted by atomic mass is 19.1.